The second kappa shape index (κ2) is 8.79. The van der Waals surface area contributed by atoms with E-state index < -0.39 is 0 Å². The van der Waals surface area contributed by atoms with Gasteiger partial charge < -0.3 is 16.0 Å². The van der Waals surface area contributed by atoms with Crippen LogP contribution < -0.4 is 11.1 Å². The van der Waals surface area contributed by atoms with E-state index in [2.05, 4.69) is 46.5 Å². The maximum absolute atomic E-state index is 10.4. The molecule has 0 amide bonds. The van der Waals surface area contributed by atoms with Gasteiger partial charge in [0, 0.05) is 24.0 Å². The van der Waals surface area contributed by atoms with Crippen molar-refractivity contribution in [3.63, 3.8) is 0 Å². The summed E-state index contributed by atoms with van der Waals surface area (Å²) < 4.78 is 0. The summed E-state index contributed by atoms with van der Waals surface area (Å²) in [7, 11) is 0. The van der Waals surface area contributed by atoms with Crippen molar-refractivity contribution in [2.75, 3.05) is 13.1 Å². The zero-order chi connectivity index (χ0) is 15.7. The molecule has 1 aliphatic carbocycles. The number of aliphatic imine (C=N–C) groups is 1. The van der Waals surface area contributed by atoms with Crippen molar-refractivity contribution in [1.29, 1.82) is 0 Å². The van der Waals surface area contributed by atoms with Gasteiger partial charge in [0.1, 0.15) is 6.54 Å². The third-order valence-electron chi connectivity index (χ3n) is 2.83. The molecule has 1 aliphatic rings. The largest absolute Gasteiger partial charge is 0.370 e. The molecule has 2 rings (SSSR count). The minimum Gasteiger partial charge on any atom is -0.370 e. The molecule has 21 heavy (non-hydrogen) atoms. The second-order valence-electron chi connectivity index (χ2n) is 4.77. The molecule has 5 nitrogen and oxygen atoms in total. The molecule has 0 unspecified atom stereocenters. The summed E-state index contributed by atoms with van der Waals surface area (Å²) in [5.41, 5.74) is 9.21. The summed E-state index contributed by atoms with van der Waals surface area (Å²) in [5.74, 6) is 0.346. The molecular formula is C16H24N4O. The van der Waals surface area contributed by atoms with Crippen LogP contribution in [0.5, 0.6) is 0 Å². The number of Topliss-reactive ketones (excluding diaryl/α,β-unsaturated/α-hetero) is 1. The predicted octanol–water partition coefficient (Wildman–Crippen LogP) is 2.25. The summed E-state index contributed by atoms with van der Waals surface area (Å²) in [6.45, 7) is 6.41. The number of H-pyrrole nitrogens is 1. The number of hydrogen-bond donors (Lipinski definition) is 3. The second-order valence-corrected chi connectivity index (χ2v) is 4.77. The van der Waals surface area contributed by atoms with Crippen molar-refractivity contribution in [1.82, 2.24) is 10.3 Å². The van der Waals surface area contributed by atoms with Crippen molar-refractivity contribution in [2.45, 2.75) is 27.2 Å². The zero-order valence-corrected chi connectivity index (χ0v) is 12.9. The number of nitrogens with zero attached hydrogens (tertiary/aromatic N) is 1. The molecule has 0 radical (unpaired) electrons. The maximum atomic E-state index is 10.4. The Bertz CT molecular complexity index is 553. The Balaban J connectivity index is 0.000000212. The summed E-state index contributed by atoms with van der Waals surface area (Å²) in [6.07, 6.45) is 11.8. The highest BCUT2D eigenvalue weighted by molar-refractivity contribution is 5.83. The molecule has 1 heterocycles. The van der Waals surface area contributed by atoms with Crippen LogP contribution >= 0.6 is 0 Å². The van der Waals surface area contributed by atoms with E-state index in [1.165, 1.54) is 23.7 Å². The van der Waals surface area contributed by atoms with Gasteiger partial charge in [-0.2, -0.15) is 0 Å². The van der Waals surface area contributed by atoms with Crippen molar-refractivity contribution < 1.29 is 4.79 Å². The molecule has 0 spiro atoms. The van der Waals surface area contributed by atoms with Gasteiger partial charge >= 0.3 is 0 Å². The number of fused-ring (bicyclic) bond motifs is 1. The molecule has 0 aliphatic heterocycles. The van der Waals surface area contributed by atoms with Gasteiger partial charge in [0.2, 0.25) is 0 Å². The third-order valence-corrected chi connectivity index (χ3v) is 2.83. The molecule has 0 saturated heterocycles. The summed E-state index contributed by atoms with van der Waals surface area (Å²) >= 11 is 0. The summed E-state index contributed by atoms with van der Waals surface area (Å²) in [5, 5.41) is 2.78. The highest BCUT2D eigenvalue weighted by Crippen LogP contribution is 2.19. The lowest BCUT2D eigenvalue weighted by Crippen LogP contribution is -2.31. The lowest BCUT2D eigenvalue weighted by molar-refractivity contribution is -0.115. The average Bonchev–Trinajstić information content (AvgIpc) is 2.66. The predicted molar refractivity (Wildman–Crippen MR) is 89.1 cm³/mol. The van der Waals surface area contributed by atoms with Crippen LogP contribution in [0.3, 0.4) is 0 Å². The first-order valence-corrected chi connectivity index (χ1v) is 7.08. The van der Waals surface area contributed by atoms with Crippen molar-refractivity contribution >= 4 is 23.9 Å². The topological polar surface area (TPSA) is 83.3 Å². The smallest absolute Gasteiger partial charge is 0.189 e. The molecule has 0 atom stereocenters. The van der Waals surface area contributed by atoms with Gasteiger partial charge in [-0.25, -0.2) is 4.99 Å². The highest BCUT2D eigenvalue weighted by Gasteiger charge is 2.02. The van der Waals surface area contributed by atoms with Gasteiger partial charge in [0.15, 0.2) is 11.7 Å². The summed E-state index contributed by atoms with van der Waals surface area (Å²) in [6, 6.07) is 0. The van der Waals surface area contributed by atoms with E-state index in [0.717, 1.165) is 13.0 Å². The van der Waals surface area contributed by atoms with Crippen LogP contribution in [-0.4, -0.2) is 29.8 Å². The number of nitrogens with one attached hydrogen (secondary N) is 2. The molecule has 0 fully saturated rings. The Morgan fingerprint density at radius 2 is 2.14 bits per heavy atom. The number of aromatic nitrogens is 1. The minimum absolute atomic E-state index is 0.0147. The van der Waals surface area contributed by atoms with Crippen molar-refractivity contribution in [3.8, 4) is 0 Å². The Hall–Kier alpha value is -2.30. The van der Waals surface area contributed by atoms with Gasteiger partial charge in [-0.3, -0.25) is 4.79 Å². The Kier molecular flexibility index (Phi) is 7.01. The van der Waals surface area contributed by atoms with E-state index >= 15 is 0 Å². The van der Waals surface area contributed by atoms with E-state index in [9.17, 15) is 4.79 Å². The quantitative estimate of drug-likeness (QED) is 0.589. The number of carbonyl (C=O) groups is 1. The van der Waals surface area contributed by atoms with Crippen LogP contribution in [0.4, 0.5) is 0 Å². The minimum atomic E-state index is 0.0147. The molecule has 0 saturated carbocycles. The number of guanidine groups is 1. The monoisotopic (exact) mass is 288 g/mol. The fourth-order valence-corrected chi connectivity index (χ4v) is 1.80. The van der Waals surface area contributed by atoms with E-state index in [4.69, 9.17) is 5.73 Å². The standard InChI is InChI=1S/C10H11N.C6H13N3O/c1-8-7-11-10-6-4-2-3-5-9(8)10;1-3-8-6(7)9-4-5(2)10/h3-7,11H,2H2,1H3;3-4H2,1-2H3,(H3,7,8,9). The normalized spacial score (nSPS) is 13.0. The van der Waals surface area contributed by atoms with Crippen molar-refractivity contribution in [2.24, 2.45) is 10.7 Å². The van der Waals surface area contributed by atoms with Crippen LogP contribution in [0.1, 0.15) is 37.1 Å². The van der Waals surface area contributed by atoms with Gasteiger partial charge in [-0.05, 0) is 38.8 Å². The number of allylic oxidation sites excluding steroid dienone is 2. The molecule has 1 aromatic heterocycles. The van der Waals surface area contributed by atoms with Crippen LogP contribution in [0.2, 0.25) is 0 Å². The Morgan fingerprint density at radius 3 is 2.81 bits per heavy atom. The molecule has 5 heteroatoms. The van der Waals surface area contributed by atoms with Gasteiger partial charge in [-0.15, -0.1) is 0 Å². The summed E-state index contributed by atoms with van der Waals surface area (Å²) in [4.78, 5) is 17.3. The Labute approximate surface area is 126 Å². The fourth-order valence-electron chi connectivity index (χ4n) is 1.80. The fraction of sp³-hybridized carbons (Fsp3) is 0.375. The van der Waals surface area contributed by atoms with E-state index in [-0.39, 0.29) is 12.3 Å². The number of rotatable bonds is 3. The van der Waals surface area contributed by atoms with Crippen LogP contribution in [0, 0.1) is 6.92 Å². The van der Waals surface area contributed by atoms with Crippen LogP contribution in [0.15, 0.2) is 23.3 Å². The number of nitrogens with two attached hydrogens (primary N) is 1. The first-order chi connectivity index (χ1) is 10.0. The van der Waals surface area contributed by atoms with E-state index in [1.54, 1.807) is 0 Å². The lowest BCUT2D eigenvalue weighted by atomic mass is 10.1. The average molecular weight is 288 g/mol. The lowest BCUT2D eigenvalue weighted by Gasteiger charge is -1.98. The maximum Gasteiger partial charge on any atom is 0.189 e. The van der Waals surface area contributed by atoms with Gasteiger partial charge in [0.05, 0.1) is 0 Å². The van der Waals surface area contributed by atoms with Crippen LogP contribution in [0.25, 0.3) is 12.2 Å². The highest BCUT2D eigenvalue weighted by atomic mass is 16.1. The number of aryl methyl sites for hydroxylation is 1. The number of aromatic amines is 1. The third kappa shape index (κ3) is 6.12. The number of carbonyl (C=O) groups excluding carboxylic acids is 1. The first-order valence-electron chi connectivity index (χ1n) is 7.08. The number of ketones is 1. The van der Waals surface area contributed by atoms with E-state index in [0.29, 0.717) is 5.96 Å². The molecule has 114 valence electrons. The molecule has 0 bridgehead atoms. The Morgan fingerprint density at radius 1 is 1.43 bits per heavy atom. The van der Waals surface area contributed by atoms with E-state index in [1.807, 2.05) is 13.1 Å². The molecule has 4 N–H and O–H groups in total. The molecular weight excluding hydrogens is 264 g/mol. The SMILES string of the molecule is CCNC(N)=NCC(C)=O.Cc1c[nH]c2c1C=CCC=C2. The zero-order valence-electron chi connectivity index (χ0n) is 12.9. The van der Waals surface area contributed by atoms with Crippen LogP contribution in [-0.2, 0) is 4.79 Å². The van der Waals surface area contributed by atoms with Gasteiger partial charge in [0.25, 0.3) is 0 Å². The number of hydrogen-bond acceptors (Lipinski definition) is 2. The van der Waals surface area contributed by atoms with Crippen molar-refractivity contribution in [3.05, 3.63) is 35.2 Å². The molecule has 1 aromatic rings. The van der Waals surface area contributed by atoms with Gasteiger partial charge in [-0.1, -0.05) is 18.2 Å². The first kappa shape index (κ1) is 16.8. The molecule has 0 aromatic carbocycles.